The van der Waals surface area contributed by atoms with Gasteiger partial charge < -0.3 is 19.9 Å². The first-order valence-corrected chi connectivity index (χ1v) is 14.2. The van der Waals surface area contributed by atoms with Crippen LogP contribution in [0.2, 0.25) is 0 Å². The summed E-state index contributed by atoms with van der Waals surface area (Å²) >= 11 is 0. The summed E-state index contributed by atoms with van der Waals surface area (Å²) < 4.78 is 29.9. The number of benzene rings is 4. The third kappa shape index (κ3) is 4.61. The number of nitrogens with zero attached hydrogens (tertiary/aromatic N) is 3. The van der Waals surface area contributed by atoms with Crippen molar-refractivity contribution >= 4 is 16.9 Å². The quantitative estimate of drug-likeness (QED) is 0.247. The molecule has 2 aliphatic heterocycles. The average molecular weight is 565 g/mol. The number of fused-ring (bicyclic) bond motifs is 2. The minimum absolute atomic E-state index is 0.141. The van der Waals surface area contributed by atoms with Gasteiger partial charge in [-0.05, 0) is 98.1 Å². The van der Waals surface area contributed by atoms with Crippen molar-refractivity contribution in [2.45, 2.75) is 31.3 Å². The van der Waals surface area contributed by atoms with Crippen molar-refractivity contribution in [3.63, 3.8) is 0 Å². The van der Waals surface area contributed by atoms with Gasteiger partial charge in [0.05, 0.1) is 11.0 Å². The van der Waals surface area contributed by atoms with Crippen LogP contribution in [0.15, 0.2) is 78.9 Å². The Hall–Kier alpha value is -4.56. The number of piperidine rings is 1. The summed E-state index contributed by atoms with van der Waals surface area (Å²) in [6.07, 6.45) is 2.01. The number of para-hydroxylation sites is 2. The van der Waals surface area contributed by atoms with Crippen molar-refractivity contribution in [3.8, 4) is 16.9 Å². The number of hydrogen-bond acceptors (Lipinski definition) is 4. The van der Waals surface area contributed by atoms with Crippen molar-refractivity contribution < 1.29 is 18.7 Å². The van der Waals surface area contributed by atoms with Crippen LogP contribution in [0, 0.1) is 11.6 Å². The zero-order valence-corrected chi connectivity index (χ0v) is 23.1. The predicted molar refractivity (Wildman–Crippen MR) is 157 cm³/mol. The molecule has 1 atom stereocenters. The first-order chi connectivity index (χ1) is 20.4. The van der Waals surface area contributed by atoms with Crippen molar-refractivity contribution in [2.75, 3.05) is 20.1 Å². The minimum Gasteiger partial charge on any atom is -0.508 e. The van der Waals surface area contributed by atoms with Crippen LogP contribution in [0.5, 0.6) is 5.75 Å². The Morgan fingerprint density at radius 2 is 1.76 bits per heavy atom. The van der Waals surface area contributed by atoms with Gasteiger partial charge in [-0.2, -0.15) is 0 Å². The molecule has 0 bridgehead atoms. The Kier molecular flexibility index (Phi) is 6.50. The van der Waals surface area contributed by atoms with E-state index in [4.69, 9.17) is 4.98 Å². The lowest BCUT2D eigenvalue weighted by Crippen LogP contribution is -2.31. The second-order valence-corrected chi connectivity index (χ2v) is 11.4. The van der Waals surface area contributed by atoms with Crippen molar-refractivity contribution in [1.82, 2.24) is 19.8 Å². The lowest BCUT2D eigenvalue weighted by Gasteiger charge is -2.29. The van der Waals surface area contributed by atoms with Gasteiger partial charge in [0.15, 0.2) is 0 Å². The van der Waals surface area contributed by atoms with E-state index >= 15 is 4.39 Å². The number of amides is 1. The zero-order valence-electron chi connectivity index (χ0n) is 23.1. The topological polar surface area (TPSA) is 72.5 Å². The molecule has 1 amide bonds. The zero-order chi connectivity index (χ0) is 29.0. The lowest BCUT2D eigenvalue weighted by atomic mass is 9.88. The molecule has 1 unspecified atom stereocenters. The number of carbonyl (C=O) groups is 1. The monoisotopic (exact) mass is 564 g/mol. The van der Waals surface area contributed by atoms with Gasteiger partial charge in [-0.1, -0.05) is 36.4 Å². The number of likely N-dealkylation sites (tertiary alicyclic amines) is 1. The molecule has 42 heavy (non-hydrogen) atoms. The maximum Gasteiger partial charge on any atom is 0.255 e. The standard InChI is InChI=1S/C34H30F2N4O2/c1-39-14-12-20(13-15-39)21-8-10-25(28(36)17-21)22-6-7-23-19-40(34(42)26(23)16-22)32(27-18-24(35)9-11-31(27)41)33-37-29-4-2-3-5-30(29)38-33/h2-11,16-18,20,32,41H,12-15,19H2,1H3,(H,37,38). The van der Waals surface area contributed by atoms with Crippen LogP contribution < -0.4 is 0 Å². The Bertz CT molecular complexity index is 1790. The van der Waals surface area contributed by atoms with Crippen molar-refractivity contribution in [3.05, 3.63) is 119 Å². The largest absolute Gasteiger partial charge is 0.508 e. The summed E-state index contributed by atoms with van der Waals surface area (Å²) in [5, 5.41) is 10.8. The Morgan fingerprint density at radius 1 is 0.952 bits per heavy atom. The number of carbonyl (C=O) groups excluding carboxylic acids is 1. The lowest BCUT2D eigenvalue weighted by molar-refractivity contribution is 0.0723. The molecule has 1 fully saturated rings. The van der Waals surface area contributed by atoms with Gasteiger partial charge in [0.1, 0.15) is 29.3 Å². The number of nitrogens with one attached hydrogen (secondary N) is 1. The Balaban J connectivity index is 1.24. The number of phenols is 1. The fraction of sp³-hybridized carbons (Fsp3) is 0.235. The number of halogens is 2. The van der Waals surface area contributed by atoms with Gasteiger partial charge in [0.25, 0.3) is 5.91 Å². The van der Waals surface area contributed by atoms with Crippen LogP contribution in [-0.4, -0.2) is 50.9 Å². The van der Waals surface area contributed by atoms with Crippen LogP contribution >= 0.6 is 0 Å². The van der Waals surface area contributed by atoms with E-state index in [0.717, 1.165) is 42.6 Å². The third-order valence-electron chi connectivity index (χ3n) is 8.70. The second kappa shape index (κ2) is 10.4. The molecular formula is C34H30F2N4O2. The third-order valence-corrected chi connectivity index (χ3v) is 8.70. The van der Waals surface area contributed by atoms with Gasteiger partial charge in [-0.25, -0.2) is 13.8 Å². The van der Waals surface area contributed by atoms with Gasteiger partial charge in [-0.3, -0.25) is 4.79 Å². The molecule has 3 heterocycles. The average Bonchev–Trinajstić information content (AvgIpc) is 3.56. The van der Waals surface area contributed by atoms with Crippen LogP contribution in [0.25, 0.3) is 22.2 Å². The highest BCUT2D eigenvalue weighted by Crippen LogP contribution is 2.40. The maximum atomic E-state index is 15.5. The van der Waals surface area contributed by atoms with Crippen LogP contribution in [0.1, 0.15) is 57.7 Å². The summed E-state index contributed by atoms with van der Waals surface area (Å²) in [7, 11) is 2.11. The molecule has 5 aromatic rings. The fourth-order valence-electron chi connectivity index (χ4n) is 6.37. The molecule has 4 aromatic carbocycles. The number of hydrogen-bond donors (Lipinski definition) is 2. The van der Waals surface area contributed by atoms with Gasteiger partial charge in [-0.15, -0.1) is 0 Å². The molecule has 0 saturated carbocycles. The molecule has 0 aliphatic carbocycles. The van der Waals surface area contributed by atoms with E-state index in [1.54, 1.807) is 17.0 Å². The molecule has 7 rings (SSSR count). The fourth-order valence-corrected chi connectivity index (χ4v) is 6.37. The number of aromatic amines is 1. The van der Waals surface area contributed by atoms with Crippen molar-refractivity contribution in [2.24, 2.45) is 0 Å². The van der Waals surface area contributed by atoms with Gasteiger partial charge >= 0.3 is 0 Å². The second-order valence-electron chi connectivity index (χ2n) is 11.4. The van der Waals surface area contributed by atoms with E-state index in [1.807, 2.05) is 48.5 Å². The van der Waals surface area contributed by atoms with E-state index in [9.17, 15) is 14.3 Å². The van der Waals surface area contributed by atoms with Crippen LogP contribution in [0.3, 0.4) is 0 Å². The first-order valence-electron chi connectivity index (χ1n) is 14.2. The first kappa shape index (κ1) is 26.3. The number of imidazole rings is 1. The Morgan fingerprint density at radius 3 is 2.55 bits per heavy atom. The van der Waals surface area contributed by atoms with E-state index in [2.05, 4.69) is 16.9 Å². The SMILES string of the molecule is CN1CCC(c2ccc(-c3ccc4c(c3)C(=O)N(C(c3nc5ccccc5[nH]3)c3cc(F)ccc3O)C4)c(F)c2)CC1. The summed E-state index contributed by atoms with van der Waals surface area (Å²) in [5.74, 6) is -0.529. The van der Waals surface area contributed by atoms with E-state index < -0.39 is 11.9 Å². The molecule has 2 N–H and O–H groups in total. The molecule has 8 heteroatoms. The molecular weight excluding hydrogens is 534 g/mol. The highest BCUT2D eigenvalue weighted by molar-refractivity contribution is 6.00. The number of aromatic hydroxyl groups is 1. The molecule has 1 saturated heterocycles. The highest BCUT2D eigenvalue weighted by atomic mass is 19.1. The van der Waals surface area contributed by atoms with E-state index in [1.165, 1.54) is 18.2 Å². The van der Waals surface area contributed by atoms with Crippen LogP contribution in [-0.2, 0) is 6.54 Å². The summed E-state index contributed by atoms with van der Waals surface area (Å²) in [6, 6.07) is 21.1. The number of aromatic nitrogens is 2. The van der Waals surface area contributed by atoms with Crippen LogP contribution in [0.4, 0.5) is 8.78 Å². The summed E-state index contributed by atoms with van der Waals surface area (Å²) in [6.45, 7) is 2.23. The summed E-state index contributed by atoms with van der Waals surface area (Å²) in [5.41, 5.74) is 4.97. The van der Waals surface area contributed by atoms with Gasteiger partial charge in [0.2, 0.25) is 0 Å². The Labute approximate surface area is 242 Å². The highest BCUT2D eigenvalue weighted by Gasteiger charge is 2.37. The number of H-pyrrole nitrogens is 1. The molecule has 0 radical (unpaired) electrons. The summed E-state index contributed by atoms with van der Waals surface area (Å²) in [4.78, 5) is 25.8. The normalized spacial score (nSPS) is 16.7. The predicted octanol–water partition coefficient (Wildman–Crippen LogP) is 6.77. The number of rotatable bonds is 5. The van der Waals surface area contributed by atoms with Crippen molar-refractivity contribution in [1.29, 1.82) is 0 Å². The van der Waals surface area contributed by atoms with Gasteiger partial charge in [0, 0.05) is 23.2 Å². The molecule has 2 aliphatic rings. The van der Waals surface area contributed by atoms with E-state index in [-0.39, 0.29) is 29.6 Å². The number of phenolic OH excluding ortho intramolecular Hbond substituents is 1. The maximum absolute atomic E-state index is 15.5. The molecule has 0 spiro atoms. The molecule has 6 nitrogen and oxygen atoms in total. The smallest absolute Gasteiger partial charge is 0.255 e. The van der Waals surface area contributed by atoms with E-state index in [0.29, 0.717) is 33.9 Å². The molecule has 1 aromatic heterocycles. The molecule has 212 valence electrons. The minimum atomic E-state index is -0.873.